The molecule has 0 N–H and O–H groups in total. The summed E-state index contributed by atoms with van der Waals surface area (Å²) in [4.78, 5) is 28.8. The van der Waals surface area contributed by atoms with E-state index in [2.05, 4.69) is 4.99 Å². The smallest absolute Gasteiger partial charge is 0.325 e. The lowest BCUT2D eigenvalue weighted by molar-refractivity contribution is -0.141. The number of thiazole rings is 1. The minimum atomic E-state index is -0.580. The molecule has 3 rings (SSSR count). The first-order valence-electron chi connectivity index (χ1n) is 7.40. The van der Waals surface area contributed by atoms with Gasteiger partial charge in [0.05, 0.1) is 38.0 Å². The predicted octanol–water partition coefficient (Wildman–Crippen LogP) is 5.23. The molecule has 0 bridgehead atoms. The number of nitrogens with zero attached hydrogens (tertiary/aromatic N) is 2. The maximum atomic E-state index is 12.6. The van der Waals surface area contributed by atoms with Crippen LogP contribution in [0.4, 0.5) is 0 Å². The first-order valence-corrected chi connectivity index (χ1v) is 9.73. The normalized spacial score (nSPS) is 11.8. The molecule has 3 aromatic rings. The molecule has 0 aliphatic heterocycles. The second-order valence-electron chi connectivity index (χ2n) is 5.30. The number of carbonyl (C=O) groups excluding carboxylic acids is 2. The van der Waals surface area contributed by atoms with Gasteiger partial charge in [-0.1, -0.05) is 57.7 Å². The van der Waals surface area contributed by atoms with Gasteiger partial charge in [-0.25, -0.2) is 0 Å². The number of fused-ring (bicyclic) bond motifs is 1. The SMILES string of the molecule is COC(=O)Cn1c(=NC(=O)c2ccc(Cl)cc2Cl)sc2ccc(Cl)c(Cl)c21. The number of esters is 1. The maximum Gasteiger partial charge on any atom is 0.325 e. The highest BCUT2D eigenvalue weighted by Gasteiger charge is 2.17. The number of hydrogen-bond acceptors (Lipinski definition) is 4. The standard InChI is InChI=1S/C17H10Cl4N2O3S/c1-26-13(24)7-23-15-12(5-4-10(19)14(15)21)27-17(23)22-16(25)9-3-2-8(18)6-11(9)20/h2-6H,7H2,1H3. The van der Waals surface area contributed by atoms with Gasteiger partial charge in [0.25, 0.3) is 5.91 Å². The summed E-state index contributed by atoms with van der Waals surface area (Å²) in [5.41, 5.74) is 0.681. The summed E-state index contributed by atoms with van der Waals surface area (Å²) in [6.45, 7) is -0.184. The third-order valence-electron chi connectivity index (χ3n) is 3.61. The van der Waals surface area contributed by atoms with Crippen LogP contribution >= 0.6 is 57.7 Å². The molecule has 10 heteroatoms. The fourth-order valence-corrected chi connectivity index (χ4v) is 4.34. The second kappa shape index (κ2) is 8.20. The number of amides is 1. The zero-order valence-electron chi connectivity index (χ0n) is 13.6. The van der Waals surface area contributed by atoms with Gasteiger partial charge in [-0.15, -0.1) is 0 Å². The number of rotatable bonds is 3. The van der Waals surface area contributed by atoms with E-state index in [0.717, 1.165) is 0 Å². The third-order valence-corrected chi connectivity index (χ3v) is 5.99. The quantitative estimate of drug-likeness (QED) is 0.499. The number of halogens is 4. The lowest BCUT2D eigenvalue weighted by atomic mass is 10.2. The van der Waals surface area contributed by atoms with Crippen LogP contribution in [-0.2, 0) is 16.1 Å². The predicted molar refractivity (Wildman–Crippen MR) is 108 cm³/mol. The Morgan fingerprint density at radius 2 is 1.85 bits per heavy atom. The lowest BCUT2D eigenvalue weighted by Crippen LogP contribution is -2.22. The topological polar surface area (TPSA) is 60.7 Å². The summed E-state index contributed by atoms with van der Waals surface area (Å²) >= 11 is 25.5. The Hall–Kier alpha value is -1.57. The Labute approximate surface area is 177 Å². The molecule has 0 aliphatic carbocycles. The molecule has 1 heterocycles. The maximum absolute atomic E-state index is 12.6. The highest BCUT2D eigenvalue weighted by Crippen LogP contribution is 2.32. The van der Waals surface area contributed by atoms with Crippen molar-refractivity contribution in [3.05, 3.63) is 60.8 Å². The molecule has 0 unspecified atom stereocenters. The van der Waals surface area contributed by atoms with Crippen LogP contribution < -0.4 is 4.80 Å². The van der Waals surface area contributed by atoms with Crippen LogP contribution in [0.1, 0.15) is 10.4 Å². The largest absolute Gasteiger partial charge is 0.468 e. The molecule has 0 spiro atoms. The Morgan fingerprint density at radius 1 is 1.11 bits per heavy atom. The van der Waals surface area contributed by atoms with Gasteiger partial charge < -0.3 is 9.30 Å². The molecular weight excluding hydrogens is 454 g/mol. The van der Waals surface area contributed by atoms with Gasteiger partial charge >= 0.3 is 5.97 Å². The van der Waals surface area contributed by atoms with E-state index in [9.17, 15) is 9.59 Å². The van der Waals surface area contributed by atoms with Crippen LogP contribution in [0.2, 0.25) is 20.1 Å². The van der Waals surface area contributed by atoms with Crippen LogP contribution in [0.15, 0.2) is 35.3 Å². The van der Waals surface area contributed by atoms with Crippen LogP contribution in [0, 0.1) is 0 Å². The van der Waals surface area contributed by atoms with Gasteiger partial charge in [0.15, 0.2) is 4.80 Å². The Kier molecular flexibility index (Phi) is 6.13. The average molecular weight is 464 g/mol. The molecule has 5 nitrogen and oxygen atoms in total. The molecule has 0 saturated heterocycles. The molecule has 27 heavy (non-hydrogen) atoms. The number of aromatic nitrogens is 1. The van der Waals surface area contributed by atoms with Gasteiger partial charge in [-0.2, -0.15) is 4.99 Å². The summed E-state index contributed by atoms with van der Waals surface area (Å²) in [7, 11) is 1.27. The van der Waals surface area contributed by atoms with Crippen molar-refractivity contribution in [2.75, 3.05) is 7.11 Å². The Bertz CT molecular complexity index is 1140. The number of methoxy groups -OCH3 is 1. The minimum Gasteiger partial charge on any atom is -0.468 e. The van der Waals surface area contributed by atoms with Crippen molar-refractivity contribution in [1.29, 1.82) is 0 Å². The first kappa shape index (κ1) is 20.2. The van der Waals surface area contributed by atoms with Gasteiger partial charge in [0.1, 0.15) is 6.54 Å². The highest BCUT2D eigenvalue weighted by molar-refractivity contribution is 7.16. The van der Waals surface area contributed by atoms with Crippen molar-refractivity contribution >= 4 is 79.8 Å². The summed E-state index contributed by atoms with van der Waals surface area (Å²) in [5.74, 6) is -1.10. The monoisotopic (exact) mass is 462 g/mol. The molecular formula is C17H10Cl4N2O3S. The van der Waals surface area contributed by atoms with Gasteiger partial charge in [0, 0.05) is 5.02 Å². The van der Waals surface area contributed by atoms with Gasteiger partial charge in [-0.3, -0.25) is 9.59 Å². The van der Waals surface area contributed by atoms with Crippen LogP contribution in [-0.4, -0.2) is 23.6 Å². The van der Waals surface area contributed by atoms with E-state index < -0.39 is 11.9 Å². The molecule has 2 aromatic carbocycles. The van der Waals surface area contributed by atoms with E-state index in [1.807, 2.05) is 0 Å². The molecule has 0 atom stereocenters. The summed E-state index contributed by atoms with van der Waals surface area (Å²) in [6.07, 6.45) is 0. The lowest BCUT2D eigenvalue weighted by Gasteiger charge is -2.06. The van der Waals surface area contributed by atoms with Crippen LogP contribution in [0.25, 0.3) is 10.2 Å². The minimum absolute atomic E-state index is 0.179. The van der Waals surface area contributed by atoms with E-state index in [4.69, 9.17) is 51.1 Å². The fourth-order valence-electron chi connectivity index (χ4n) is 2.34. The second-order valence-corrected chi connectivity index (χ2v) is 7.93. The molecule has 0 fully saturated rings. The summed E-state index contributed by atoms with van der Waals surface area (Å²) in [5, 5.41) is 1.16. The van der Waals surface area contributed by atoms with Crippen molar-refractivity contribution in [2.24, 2.45) is 4.99 Å². The number of ether oxygens (including phenoxy) is 1. The molecule has 140 valence electrons. The van der Waals surface area contributed by atoms with Gasteiger partial charge in [0.2, 0.25) is 0 Å². The summed E-state index contributed by atoms with van der Waals surface area (Å²) in [6, 6.07) is 7.85. The first-order chi connectivity index (χ1) is 12.8. The van der Waals surface area contributed by atoms with Gasteiger partial charge in [-0.05, 0) is 30.3 Å². The van der Waals surface area contributed by atoms with E-state index in [1.54, 1.807) is 18.2 Å². The molecule has 0 radical (unpaired) electrons. The number of benzene rings is 2. The zero-order chi connectivity index (χ0) is 19.7. The van der Waals surface area contributed by atoms with E-state index >= 15 is 0 Å². The van der Waals surface area contributed by atoms with E-state index in [-0.39, 0.29) is 27.0 Å². The zero-order valence-corrected chi connectivity index (χ0v) is 17.5. The van der Waals surface area contributed by atoms with Crippen molar-refractivity contribution in [3.8, 4) is 0 Å². The molecule has 0 aliphatic rings. The molecule has 0 saturated carbocycles. The van der Waals surface area contributed by atoms with E-state index in [1.165, 1.54) is 35.1 Å². The van der Waals surface area contributed by atoms with Crippen molar-refractivity contribution < 1.29 is 14.3 Å². The highest BCUT2D eigenvalue weighted by atomic mass is 35.5. The van der Waals surface area contributed by atoms with Crippen LogP contribution in [0.5, 0.6) is 0 Å². The van der Waals surface area contributed by atoms with E-state index in [0.29, 0.717) is 20.3 Å². The third kappa shape index (κ3) is 4.15. The average Bonchev–Trinajstić information content (AvgIpc) is 2.95. The fraction of sp³-hybridized carbons (Fsp3) is 0.118. The van der Waals surface area contributed by atoms with Crippen molar-refractivity contribution in [1.82, 2.24) is 4.57 Å². The molecule has 1 aromatic heterocycles. The number of carbonyl (C=O) groups is 2. The van der Waals surface area contributed by atoms with Crippen LogP contribution in [0.3, 0.4) is 0 Å². The Morgan fingerprint density at radius 3 is 2.52 bits per heavy atom. The number of hydrogen-bond donors (Lipinski definition) is 0. The van der Waals surface area contributed by atoms with Crippen molar-refractivity contribution in [2.45, 2.75) is 6.54 Å². The summed E-state index contributed by atoms with van der Waals surface area (Å²) < 4.78 is 6.92. The Balaban J connectivity index is 2.22. The van der Waals surface area contributed by atoms with Crippen molar-refractivity contribution in [3.63, 3.8) is 0 Å². The molecule has 1 amide bonds.